The molecular formula is C12H15N3. The fourth-order valence-electron chi connectivity index (χ4n) is 2.13. The normalized spacial score (nSPS) is 18.3. The van der Waals surface area contributed by atoms with E-state index in [1.54, 1.807) is 0 Å². The minimum Gasteiger partial charge on any atom is -0.330 e. The van der Waals surface area contributed by atoms with Gasteiger partial charge in [-0.15, -0.1) is 0 Å². The van der Waals surface area contributed by atoms with Crippen LogP contribution in [0.1, 0.15) is 24.7 Å². The van der Waals surface area contributed by atoms with Crippen LogP contribution in [0.4, 0.5) is 0 Å². The van der Waals surface area contributed by atoms with Gasteiger partial charge in [0.25, 0.3) is 0 Å². The lowest BCUT2D eigenvalue weighted by molar-refractivity contribution is 0.574. The third kappa shape index (κ3) is 1.35. The number of hydrogen-bond donors (Lipinski definition) is 1. The molecule has 1 aromatic heterocycles. The van der Waals surface area contributed by atoms with Crippen molar-refractivity contribution in [3.8, 4) is 0 Å². The van der Waals surface area contributed by atoms with E-state index in [0.717, 1.165) is 11.3 Å². The quantitative estimate of drug-likeness (QED) is 0.807. The molecule has 2 aromatic rings. The highest BCUT2D eigenvalue weighted by Crippen LogP contribution is 2.39. The molecule has 3 rings (SSSR count). The Morgan fingerprint density at radius 2 is 2.13 bits per heavy atom. The van der Waals surface area contributed by atoms with E-state index in [9.17, 15) is 0 Å². The van der Waals surface area contributed by atoms with E-state index in [4.69, 9.17) is 5.73 Å². The molecule has 1 fully saturated rings. The Hall–Kier alpha value is -1.35. The van der Waals surface area contributed by atoms with Crippen molar-refractivity contribution in [1.82, 2.24) is 9.55 Å². The molecule has 0 radical (unpaired) electrons. The smallest absolute Gasteiger partial charge is 0.126 e. The Balaban J connectivity index is 2.14. The summed E-state index contributed by atoms with van der Waals surface area (Å²) in [5, 5.41) is 0. The van der Waals surface area contributed by atoms with Gasteiger partial charge in [0.15, 0.2) is 0 Å². The number of fused-ring (bicyclic) bond motifs is 1. The third-order valence-electron chi connectivity index (χ3n) is 3.25. The highest BCUT2D eigenvalue weighted by atomic mass is 15.1. The van der Waals surface area contributed by atoms with Gasteiger partial charge in [0.2, 0.25) is 0 Å². The molecule has 3 heteroatoms. The first-order chi connectivity index (χ1) is 7.27. The molecule has 78 valence electrons. The van der Waals surface area contributed by atoms with Crippen molar-refractivity contribution < 1.29 is 0 Å². The molecule has 1 aliphatic rings. The zero-order valence-corrected chi connectivity index (χ0v) is 8.85. The largest absolute Gasteiger partial charge is 0.330 e. The molecule has 1 heterocycles. The van der Waals surface area contributed by atoms with Gasteiger partial charge in [0.05, 0.1) is 17.1 Å². The van der Waals surface area contributed by atoms with Crippen LogP contribution in [0.15, 0.2) is 24.3 Å². The topological polar surface area (TPSA) is 43.8 Å². The van der Waals surface area contributed by atoms with Gasteiger partial charge in [-0.3, -0.25) is 0 Å². The van der Waals surface area contributed by atoms with Gasteiger partial charge in [0.1, 0.15) is 5.82 Å². The molecule has 0 aliphatic heterocycles. The number of aryl methyl sites for hydroxylation is 1. The molecule has 1 atom stereocenters. The number of para-hydroxylation sites is 2. The molecule has 0 amide bonds. The SMILES string of the molecule is Cn1c([C@@H](N)C2CC2)nc2ccccc21. The molecule has 3 nitrogen and oxygen atoms in total. The Morgan fingerprint density at radius 3 is 2.80 bits per heavy atom. The standard InChI is InChI=1S/C12H15N3/c1-15-10-5-3-2-4-9(10)14-12(15)11(13)8-6-7-8/h2-5,8,11H,6-7,13H2,1H3/t11-/m0/s1. The van der Waals surface area contributed by atoms with Gasteiger partial charge in [-0.25, -0.2) is 4.98 Å². The van der Waals surface area contributed by atoms with Crippen LogP contribution >= 0.6 is 0 Å². The average Bonchev–Trinajstić information content (AvgIpc) is 3.04. The minimum absolute atomic E-state index is 0.113. The molecule has 15 heavy (non-hydrogen) atoms. The van der Waals surface area contributed by atoms with Gasteiger partial charge < -0.3 is 10.3 Å². The van der Waals surface area contributed by atoms with E-state index in [2.05, 4.69) is 15.6 Å². The lowest BCUT2D eigenvalue weighted by atomic mass is 10.2. The highest BCUT2D eigenvalue weighted by molar-refractivity contribution is 5.75. The van der Waals surface area contributed by atoms with Crippen LogP contribution in [0.25, 0.3) is 11.0 Å². The molecule has 0 spiro atoms. The molecular weight excluding hydrogens is 186 g/mol. The summed E-state index contributed by atoms with van der Waals surface area (Å²) in [5.74, 6) is 1.68. The van der Waals surface area contributed by atoms with E-state index >= 15 is 0 Å². The van der Waals surface area contributed by atoms with Crippen LogP contribution in [0, 0.1) is 5.92 Å². The van der Waals surface area contributed by atoms with Crippen molar-refractivity contribution in [1.29, 1.82) is 0 Å². The fourth-order valence-corrected chi connectivity index (χ4v) is 2.13. The van der Waals surface area contributed by atoms with E-state index in [1.807, 2.05) is 25.2 Å². The van der Waals surface area contributed by atoms with Crippen molar-refractivity contribution in [3.63, 3.8) is 0 Å². The number of nitrogens with two attached hydrogens (primary N) is 1. The van der Waals surface area contributed by atoms with E-state index in [0.29, 0.717) is 5.92 Å². The first-order valence-corrected chi connectivity index (χ1v) is 5.44. The second-order valence-electron chi connectivity index (χ2n) is 4.38. The maximum atomic E-state index is 6.18. The summed E-state index contributed by atoms with van der Waals surface area (Å²) in [6.45, 7) is 0. The summed E-state index contributed by atoms with van der Waals surface area (Å²) in [6, 6.07) is 8.30. The third-order valence-corrected chi connectivity index (χ3v) is 3.25. The number of hydrogen-bond acceptors (Lipinski definition) is 2. The number of nitrogens with zero attached hydrogens (tertiary/aromatic N) is 2. The zero-order chi connectivity index (χ0) is 10.4. The van der Waals surface area contributed by atoms with Crippen LogP contribution in [0.5, 0.6) is 0 Å². The van der Waals surface area contributed by atoms with Crippen molar-refractivity contribution in [2.45, 2.75) is 18.9 Å². The second kappa shape index (κ2) is 3.07. The summed E-state index contributed by atoms with van der Waals surface area (Å²) >= 11 is 0. The van der Waals surface area contributed by atoms with E-state index in [-0.39, 0.29) is 6.04 Å². The first-order valence-electron chi connectivity index (χ1n) is 5.44. The predicted molar refractivity (Wildman–Crippen MR) is 60.4 cm³/mol. The van der Waals surface area contributed by atoms with Crippen molar-refractivity contribution in [2.75, 3.05) is 0 Å². The van der Waals surface area contributed by atoms with Crippen LogP contribution in [-0.4, -0.2) is 9.55 Å². The van der Waals surface area contributed by atoms with E-state index < -0.39 is 0 Å². The molecule has 0 unspecified atom stereocenters. The van der Waals surface area contributed by atoms with Crippen molar-refractivity contribution in [3.05, 3.63) is 30.1 Å². The number of aromatic nitrogens is 2. The molecule has 0 saturated heterocycles. The summed E-state index contributed by atoms with van der Waals surface area (Å²) in [5.41, 5.74) is 8.40. The van der Waals surface area contributed by atoms with Gasteiger partial charge in [-0.1, -0.05) is 12.1 Å². The average molecular weight is 201 g/mol. The summed E-state index contributed by atoms with van der Waals surface area (Å²) in [4.78, 5) is 4.61. The van der Waals surface area contributed by atoms with Gasteiger partial charge in [0, 0.05) is 7.05 Å². The van der Waals surface area contributed by atoms with Crippen LogP contribution in [-0.2, 0) is 7.05 Å². The minimum atomic E-state index is 0.113. The number of benzene rings is 1. The molecule has 0 bridgehead atoms. The number of rotatable bonds is 2. The maximum absolute atomic E-state index is 6.18. The first kappa shape index (κ1) is 8.92. The second-order valence-corrected chi connectivity index (χ2v) is 4.38. The lowest BCUT2D eigenvalue weighted by Crippen LogP contribution is -2.17. The van der Waals surface area contributed by atoms with Gasteiger partial charge in [-0.05, 0) is 30.9 Å². The van der Waals surface area contributed by atoms with Crippen LogP contribution in [0.2, 0.25) is 0 Å². The van der Waals surface area contributed by atoms with Gasteiger partial charge in [-0.2, -0.15) is 0 Å². The van der Waals surface area contributed by atoms with Crippen LogP contribution in [0.3, 0.4) is 0 Å². The van der Waals surface area contributed by atoms with E-state index in [1.165, 1.54) is 18.4 Å². The van der Waals surface area contributed by atoms with Crippen molar-refractivity contribution in [2.24, 2.45) is 18.7 Å². The van der Waals surface area contributed by atoms with Crippen LogP contribution < -0.4 is 5.73 Å². The molecule has 1 aliphatic carbocycles. The van der Waals surface area contributed by atoms with Crippen molar-refractivity contribution >= 4 is 11.0 Å². The highest BCUT2D eigenvalue weighted by Gasteiger charge is 2.32. The molecule has 1 aromatic carbocycles. The predicted octanol–water partition coefficient (Wildman–Crippen LogP) is 1.98. The Bertz CT molecular complexity index is 497. The summed E-state index contributed by atoms with van der Waals surface area (Å²) < 4.78 is 2.12. The monoisotopic (exact) mass is 201 g/mol. The number of imidazole rings is 1. The molecule has 2 N–H and O–H groups in total. The lowest BCUT2D eigenvalue weighted by Gasteiger charge is -2.09. The fraction of sp³-hybridized carbons (Fsp3) is 0.417. The summed E-state index contributed by atoms with van der Waals surface area (Å²) in [6.07, 6.45) is 2.51. The zero-order valence-electron chi connectivity index (χ0n) is 8.85. The maximum Gasteiger partial charge on any atom is 0.126 e. The molecule has 1 saturated carbocycles. The Morgan fingerprint density at radius 1 is 1.40 bits per heavy atom. The Labute approximate surface area is 88.9 Å². The van der Waals surface area contributed by atoms with Gasteiger partial charge >= 0.3 is 0 Å². The Kier molecular flexibility index (Phi) is 1.83. The summed E-state index contributed by atoms with van der Waals surface area (Å²) in [7, 11) is 2.05.